The predicted octanol–water partition coefficient (Wildman–Crippen LogP) is 4.98. The first-order chi connectivity index (χ1) is 12.1. The van der Waals surface area contributed by atoms with E-state index in [1.165, 1.54) is 6.07 Å². The lowest BCUT2D eigenvalue weighted by Gasteiger charge is -2.11. The van der Waals surface area contributed by atoms with Crippen molar-refractivity contribution >= 4 is 28.9 Å². The number of aryl methyl sites for hydroxylation is 1. The van der Waals surface area contributed by atoms with Crippen molar-refractivity contribution in [2.24, 2.45) is 0 Å². The monoisotopic (exact) mass is 356 g/mol. The molecule has 0 aliphatic carbocycles. The van der Waals surface area contributed by atoms with E-state index < -0.39 is 0 Å². The average molecular weight is 357 g/mol. The molecule has 1 heterocycles. The second kappa shape index (κ2) is 7.94. The van der Waals surface area contributed by atoms with Crippen LogP contribution in [0.5, 0.6) is 0 Å². The number of rotatable bonds is 6. The largest absolute Gasteiger partial charge is 0.370 e. The third kappa shape index (κ3) is 4.67. The molecule has 0 aliphatic heterocycles. The number of benzene rings is 2. The maximum atomic E-state index is 13.6. The molecule has 0 bridgehead atoms. The molecule has 0 saturated heterocycles. The van der Waals surface area contributed by atoms with Crippen molar-refractivity contribution in [1.82, 2.24) is 9.97 Å². The highest BCUT2D eigenvalue weighted by Crippen LogP contribution is 2.24. The van der Waals surface area contributed by atoms with Crippen molar-refractivity contribution in [3.05, 3.63) is 76.8 Å². The number of hydrogen-bond acceptors (Lipinski definition) is 4. The molecule has 2 N–H and O–H groups in total. The average Bonchev–Trinajstić information content (AvgIpc) is 2.58. The van der Waals surface area contributed by atoms with Gasteiger partial charge in [-0.25, -0.2) is 14.4 Å². The van der Waals surface area contributed by atoms with Gasteiger partial charge in [-0.3, -0.25) is 0 Å². The highest BCUT2D eigenvalue weighted by molar-refractivity contribution is 6.33. The van der Waals surface area contributed by atoms with E-state index in [-0.39, 0.29) is 5.82 Å². The molecule has 0 fully saturated rings. The van der Waals surface area contributed by atoms with Crippen molar-refractivity contribution in [1.29, 1.82) is 0 Å². The van der Waals surface area contributed by atoms with Gasteiger partial charge in [0, 0.05) is 12.6 Å². The smallest absolute Gasteiger partial charge is 0.136 e. The Kier molecular flexibility index (Phi) is 5.46. The van der Waals surface area contributed by atoms with Crippen LogP contribution in [0.1, 0.15) is 11.4 Å². The van der Waals surface area contributed by atoms with Crippen LogP contribution in [0, 0.1) is 12.7 Å². The highest BCUT2D eigenvalue weighted by atomic mass is 35.5. The molecule has 2 aromatic carbocycles. The van der Waals surface area contributed by atoms with Crippen LogP contribution in [0.2, 0.25) is 5.02 Å². The van der Waals surface area contributed by atoms with Crippen LogP contribution in [0.15, 0.2) is 54.6 Å². The van der Waals surface area contributed by atoms with Gasteiger partial charge in [0.2, 0.25) is 0 Å². The summed E-state index contributed by atoms with van der Waals surface area (Å²) < 4.78 is 13.6. The van der Waals surface area contributed by atoms with E-state index in [9.17, 15) is 4.39 Å². The lowest BCUT2D eigenvalue weighted by molar-refractivity contribution is 0.610. The first kappa shape index (κ1) is 17.2. The summed E-state index contributed by atoms with van der Waals surface area (Å²) >= 11 is 6.16. The van der Waals surface area contributed by atoms with E-state index in [0.717, 1.165) is 5.69 Å². The maximum Gasteiger partial charge on any atom is 0.136 e. The molecule has 128 valence electrons. The van der Waals surface area contributed by atoms with Crippen LogP contribution in [0.3, 0.4) is 0 Å². The molecule has 0 aliphatic rings. The Morgan fingerprint density at radius 3 is 2.52 bits per heavy atom. The van der Waals surface area contributed by atoms with E-state index in [4.69, 9.17) is 11.6 Å². The summed E-state index contributed by atoms with van der Waals surface area (Å²) in [6.07, 6.45) is 0.572. The second-order valence-corrected chi connectivity index (χ2v) is 5.97. The number of aromatic nitrogens is 2. The quantitative estimate of drug-likeness (QED) is 0.654. The van der Waals surface area contributed by atoms with E-state index >= 15 is 0 Å². The predicted molar refractivity (Wildman–Crippen MR) is 100 cm³/mol. The normalized spacial score (nSPS) is 10.5. The third-order valence-electron chi connectivity index (χ3n) is 3.63. The van der Waals surface area contributed by atoms with E-state index in [1.807, 2.05) is 37.3 Å². The number of nitrogens with zero attached hydrogens (tertiary/aromatic N) is 2. The Morgan fingerprint density at radius 1 is 1.00 bits per heavy atom. The van der Waals surface area contributed by atoms with E-state index in [2.05, 4.69) is 20.6 Å². The lowest BCUT2D eigenvalue weighted by Crippen LogP contribution is -2.09. The summed E-state index contributed by atoms with van der Waals surface area (Å²) in [5, 5.41) is 7.02. The van der Waals surface area contributed by atoms with Crippen molar-refractivity contribution in [3.8, 4) is 0 Å². The Bertz CT molecular complexity index is 870. The van der Waals surface area contributed by atoms with Gasteiger partial charge in [-0.15, -0.1) is 0 Å². The van der Waals surface area contributed by atoms with Gasteiger partial charge >= 0.3 is 0 Å². The van der Waals surface area contributed by atoms with Gasteiger partial charge in [-0.1, -0.05) is 41.9 Å². The number of nitrogens with one attached hydrogen (secondary N) is 2. The highest BCUT2D eigenvalue weighted by Gasteiger charge is 2.05. The first-order valence-corrected chi connectivity index (χ1v) is 8.34. The molecule has 0 amide bonds. The van der Waals surface area contributed by atoms with Crippen LogP contribution in [0.4, 0.5) is 21.7 Å². The molecule has 3 rings (SSSR count). The third-order valence-corrected chi connectivity index (χ3v) is 3.96. The summed E-state index contributed by atoms with van der Waals surface area (Å²) in [5.41, 5.74) is 1.45. The van der Waals surface area contributed by atoms with Gasteiger partial charge in [0.25, 0.3) is 0 Å². The summed E-state index contributed by atoms with van der Waals surface area (Å²) in [5.74, 6) is 1.77. The summed E-state index contributed by atoms with van der Waals surface area (Å²) in [6.45, 7) is 2.39. The fourth-order valence-corrected chi connectivity index (χ4v) is 2.63. The number of para-hydroxylation sites is 1. The van der Waals surface area contributed by atoms with E-state index in [0.29, 0.717) is 41.0 Å². The van der Waals surface area contributed by atoms with Crippen molar-refractivity contribution in [3.63, 3.8) is 0 Å². The molecule has 1 aromatic heterocycles. The van der Waals surface area contributed by atoms with Gasteiger partial charge in [0.1, 0.15) is 23.3 Å². The molecule has 4 nitrogen and oxygen atoms in total. The molecule has 0 atom stereocenters. The minimum atomic E-state index is -0.191. The number of hydrogen-bond donors (Lipinski definition) is 2. The molecule has 0 radical (unpaired) electrons. The molecular weight excluding hydrogens is 339 g/mol. The minimum Gasteiger partial charge on any atom is -0.370 e. The zero-order valence-corrected chi connectivity index (χ0v) is 14.5. The lowest BCUT2D eigenvalue weighted by atomic mass is 10.1. The van der Waals surface area contributed by atoms with Crippen LogP contribution < -0.4 is 10.6 Å². The molecule has 3 aromatic rings. The van der Waals surface area contributed by atoms with Gasteiger partial charge in [-0.05, 0) is 37.1 Å². The van der Waals surface area contributed by atoms with Gasteiger partial charge < -0.3 is 10.6 Å². The fraction of sp³-hybridized carbons (Fsp3) is 0.158. The zero-order chi connectivity index (χ0) is 17.6. The molecular formula is C19H18ClFN4. The minimum absolute atomic E-state index is 0.191. The van der Waals surface area contributed by atoms with Crippen molar-refractivity contribution in [2.45, 2.75) is 13.3 Å². The Labute approximate surface area is 151 Å². The summed E-state index contributed by atoms with van der Waals surface area (Å²) in [4.78, 5) is 8.73. The van der Waals surface area contributed by atoms with Crippen LogP contribution in [-0.4, -0.2) is 16.5 Å². The van der Waals surface area contributed by atoms with Crippen LogP contribution in [0.25, 0.3) is 0 Å². The molecule has 0 saturated carbocycles. The fourth-order valence-electron chi connectivity index (χ4n) is 2.45. The maximum absolute atomic E-state index is 13.6. The zero-order valence-electron chi connectivity index (χ0n) is 13.8. The van der Waals surface area contributed by atoms with Crippen molar-refractivity contribution < 1.29 is 4.39 Å². The molecule has 6 heteroatoms. The van der Waals surface area contributed by atoms with Crippen LogP contribution >= 0.6 is 11.6 Å². The Balaban J connectivity index is 1.67. The SMILES string of the molecule is Cc1nc(NCCc2ccccc2F)cc(Nc2ccccc2Cl)n1. The second-order valence-electron chi connectivity index (χ2n) is 5.56. The number of anilines is 3. The van der Waals surface area contributed by atoms with Gasteiger partial charge in [-0.2, -0.15) is 0 Å². The van der Waals surface area contributed by atoms with Gasteiger partial charge in [0.15, 0.2) is 0 Å². The Morgan fingerprint density at radius 2 is 1.72 bits per heavy atom. The van der Waals surface area contributed by atoms with Crippen molar-refractivity contribution in [2.75, 3.05) is 17.2 Å². The molecule has 0 spiro atoms. The standard InChI is InChI=1S/C19H18ClFN4/c1-13-23-18(22-11-10-14-6-2-4-8-16(14)21)12-19(24-13)25-17-9-5-3-7-15(17)20/h2-9,12H,10-11H2,1H3,(H2,22,23,24,25). The molecule has 25 heavy (non-hydrogen) atoms. The summed E-state index contributed by atoms with van der Waals surface area (Å²) in [7, 11) is 0. The number of halogens is 2. The topological polar surface area (TPSA) is 49.8 Å². The van der Waals surface area contributed by atoms with Crippen LogP contribution in [-0.2, 0) is 6.42 Å². The Hall–Kier alpha value is -2.66. The van der Waals surface area contributed by atoms with E-state index in [1.54, 1.807) is 18.2 Å². The summed E-state index contributed by atoms with van der Waals surface area (Å²) in [6, 6.07) is 16.0. The molecule has 0 unspecified atom stereocenters. The van der Waals surface area contributed by atoms with Gasteiger partial charge in [0.05, 0.1) is 10.7 Å². The first-order valence-electron chi connectivity index (χ1n) is 7.96.